The molecule has 0 atom stereocenters. The molecule has 280 valence electrons. The highest BCUT2D eigenvalue weighted by atomic mass is 16.5. The molecule has 2 aromatic carbocycles. The van der Waals surface area contributed by atoms with E-state index in [1.165, 1.54) is 12.3 Å². The zero-order valence-electron chi connectivity index (χ0n) is 30.4. The third kappa shape index (κ3) is 9.95. The minimum Gasteiger partial charge on any atom is -0.477 e. The largest absolute Gasteiger partial charge is 0.477 e. The van der Waals surface area contributed by atoms with Crippen LogP contribution in [-0.4, -0.2) is 76.4 Å². The molecule has 4 aromatic rings. The Hall–Kier alpha value is -5.82. The minimum atomic E-state index is -1.11. The Morgan fingerprint density at radius 2 is 1.08 bits per heavy atom. The zero-order valence-corrected chi connectivity index (χ0v) is 30.4. The van der Waals surface area contributed by atoms with Gasteiger partial charge in [-0.3, -0.25) is 9.59 Å². The zero-order chi connectivity index (χ0) is 38.4. The van der Waals surface area contributed by atoms with Crippen LogP contribution in [0.5, 0.6) is 11.8 Å². The number of nitrogens with two attached hydrogens (primary N) is 1. The molecule has 0 saturated carbocycles. The number of carbonyl (C=O) groups is 4. The summed E-state index contributed by atoms with van der Waals surface area (Å²) in [6.45, 7) is 8.60. The van der Waals surface area contributed by atoms with E-state index >= 15 is 0 Å². The maximum absolute atomic E-state index is 12.9. The second kappa shape index (κ2) is 18.6. The number of nitrogens with one attached hydrogen (secondary N) is 1. The van der Waals surface area contributed by atoms with Crippen LogP contribution in [0.15, 0.2) is 85.2 Å². The highest BCUT2D eigenvalue weighted by Crippen LogP contribution is 2.32. The van der Waals surface area contributed by atoms with Crippen molar-refractivity contribution in [3.05, 3.63) is 119 Å². The van der Waals surface area contributed by atoms with Gasteiger partial charge in [0.05, 0.1) is 26.4 Å². The second-order valence-corrected chi connectivity index (χ2v) is 12.3. The molecule has 0 bridgehead atoms. The number of carbonyl (C=O) groups excluding carboxylic acids is 3. The summed E-state index contributed by atoms with van der Waals surface area (Å²) in [6.07, 6.45) is 5.03. The molecule has 2 aliphatic carbocycles. The van der Waals surface area contributed by atoms with Crippen LogP contribution in [0.25, 0.3) is 0 Å². The lowest BCUT2D eigenvalue weighted by Gasteiger charge is -2.28. The van der Waals surface area contributed by atoms with Crippen molar-refractivity contribution < 1.29 is 43.2 Å². The number of hydrogen-bond donors (Lipinski definition) is 3. The fourth-order valence-electron chi connectivity index (χ4n) is 6.14. The number of pyridine rings is 2. The summed E-state index contributed by atoms with van der Waals surface area (Å²) in [5.74, 6) is -1.71. The maximum Gasteiger partial charge on any atom is 0.341 e. The Kier molecular flexibility index (Phi) is 14.0. The number of benzene rings is 2. The Morgan fingerprint density at radius 3 is 1.53 bits per heavy atom. The summed E-state index contributed by atoms with van der Waals surface area (Å²) in [6, 6.07) is 22.1. The number of fused-ring (bicyclic) bond motifs is 2. The van der Waals surface area contributed by atoms with Gasteiger partial charge in [0.1, 0.15) is 22.2 Å². The number of rotatable bonds is 11. The van der Waals surface area contributed by atoms with E-state index in [9.17, 15) is 19.2 Å². The molecule has 0 fully saturated rings. The van der Waals surface area contributed by atoms with Gasteiger partial charge in [-0.2, -0.15) is 0 Å². The van der Waals surface area contributed by atoms with E-state index in [2.05, 4.69) is 15.3 Å². The van der Waals surface area contributed by atoms with Gasteiger partial charge < -0.3 is 35.1 Å². The molecule has 0 radical (unpaired) electrons. The van der Waals surface area contributed by atoms with Crippen molar-refractivity contribution in [3.63, 3.8) is 0 Å². The number of hydrogen-bond acceptors (Lipinski definition) is 11. The predicted octanol–water partition coefficient (Wildman–Crippen LogP) is 4.54. The maximum atomic E-state index is 12.9. The summed E-state index contributed by atoms with van der Waals surface area (Å²) in [7, 11) is 0. The molecular weight excluding hydrogens is 680 g/mol. The number of carboxylic acids is 1. The second-order valence-electron chi connectivity index (χ2n) is 12.3. The van der Waals surface area contributed by atoms with Crippen LogP contribution in [-0.2, 0) is 44.7 Å². The molecular formula is C40H46N4O9. The molecule has 4 N–H and O–H groups in total. The van der Waals surface area contributed by atoms with Crippen LogP contribution < -0.4 is 20.5 Å². The van der Waals surface area contributed by atoms with Gasteiger partial charge in [-0.25, -0.2) is 19.6 Å². The average molecular weight is 727 g/mol. The van der Waals surface area contributed by atoms with Crippen LogP contribution in [0.4, 0.5) is 0 Å². The first-order valence-corrected chi connectivity index (χ1v) is 17.5. The number of esters is 2. The summed E-state index contributed by atoms with van der Waals surface area (Å²) in [5.41, 5.74) is 8.90. The highest BCUT2D eigenvalue weighted by Gasteiger charge is 2.47. The van der Waals surface area contributed by atoms with Crippen LogP contribution >= 0.6 is 0 Å². The Labute approximate surface area is 308 Å². The molecule has 0 spiro atoms. The van der Waals surface area contributed by atoms with Gasteiger partial charge in [0, 0.05) is 38.1 Å². The summed E-state index contributed by atoms with van der Waals surface area (Å²) >= 11 is 0. The molecule has 13 heteroatoms. The average Bonchev–Trinajstić information content (AvgIpc) is 3.71. The van der Waals surface area contributed by atoms with E-state index in [0.29, 0.717) is 51.1 Å². The monoisotopic (exact) mass is 726 g/mol. The van der Waals surface area contributed by atoms with E-state index in [1.54, 1.807) is 45.2 Å². The third-order valence-corrected chi connectivity index (χ3v) is 8.51. The van der Waals surface area contributed by atoms with Crippen molar-refractivity contribution in [2.24, 2.45) is 5.73 Å². The first-order chi connectivity index (χ1) is 25.5. The molecule has 2 aliphatic rings. The van der Waals surface area contributed by atoms with Crippen LogP contribution in [0.1, 0.15) is 70.7 Å². The Morgan fingerprint density at radius 1 is 0.642 bits per heavy atom. The lowest BCUT2D eigenvalue weighted by Crippen LogP contribution is -2.56. The number of amides is 1. The topological polar surface area (TPSA) is 189 Å². The molecule has 6 rings (SSSR count). The first kappa shape index (κ1) is 40.0. The van der Waals surface area contributed by atoms with Gasteiger partial charge in [-0.15, -0.1) is 0 Å². The smallest absolute Gasteiger partial charge is 0.341 e. The van der Waals surface area contributed by atoms with Gasteiger partial charge in [-0.1, -0.05) is 48.5 Å². The molecule has 0 unspecified atom stereocenters. The van der Waals surface area contributed by atoms with E-state index in [-0.39, 0.29) is 29.9 Å². The number of ether oxygens (including phenoxy) is 4. The third-order valence-electron chi connectivity index (χ3n) is 8.51. The van der Waals surface area contributed by atoms with E-state index in [4.69, 9.17) is 29.8 Å². The van der Waals surface area contributed by atoms with Crippen molar-refractivity contribution in [3.8, 4) is 11.8 Å². The molecule has 2 heterocycles. The van der Waals surface area contributed by atoms with E-state index in [0.717, 1.165) is 22.3 Å². The van der Waals surface area contributed by atoms with Crippen molar-refractivity contribution in [1.82, 2.24) is 15.3 Å². The van der Waals surface area contributed by atoms with Crippen molar-refractivity contribution in [2.45, 2.75) is 64.5 Å². The first-order valence-electron chi connectivity index (χ1n) is 17.5. The van der Waals surface area contributed by atoms with Gasteiger partial charge in [0.15, 0.2) is 0 Å². The van der Waals surface area contributed by atoms with Gasteiger partial charge in [0.2, 0.25) is 11.8 Å². The Bertz CT molecular complexity index is 1850. The van der Waals surface area contributed by atoms with Crippen molar-refractivity contribution in [1.29, 1.82) is 0 Å². The number of aromatic carboxylic acids is 1. The van der Waals surface area contributed by atoms with E-state index in [1.807, 2.05) is 55.5 Å². The minimum absolute atomic E-state index is 0.0966. The lowest BCUT2D eigenvalue weighted by atomic mass is 9.95. The number of carboxylic acid groups (broad SMARTS) is 1. The van der Waals surface area contributed by atoms with Crippen LogP contribution in [0, 0.1) is 0 Å². The normalized spacial score (nSPS) is 14.1. The predicted molar refractivity (Wildman–Crippen MR) is 196 cm³/mol. The van der Waals surface area contributed by atoms with Crippen molar-refractivity contribution >= 4 is 23.8 Å². The SMILES string of the molecule is CCOC(=O)C1(N)Cc2ccccc2C1.CCOC(=O)C1(NC(=O)c2cccnc2OCC)Cc2ccccc2C1.CCOc1ncccc1C(=O)O. The molecule has 0 saturated heterocycles. The lowest BCUT2D eigenvalue weighted by molar-refractivity contribution is -0.150. The number of nitrogens with zero attached hydrogens (tertiary/aromatic N) is 2. The summed E-state index contributed by atoms with van der Waals surface area (Å²) < 4.78 is 20.7. The highest BCUT2D eigenvalue weighted by molar-refractivity contribution is 6.00. The van der Waals surface area contributed by atoms with Crippen LogP contribution in [0.2, 0.25) is 0 Å². The quantitative estimate of drug-likeness (QED) is 0.183. The van der Waals surface area contributed by atoms with Gasteiger partial charge in [-0.05, 0) is 74.2 Å². The molecule has 53 heavy (non-hydrogen) atoms. The van der Waals surface area contributed by atoms with Gasteiger partial charge >= 0.3 is 17.9 Å². The molecule has 1 amide bonds. The molecule has 13 nitrogen and oxygen atoms in total. The Balaban J connectivity index is 0.000000196. The van der Waals surface area contributed by atoms with Gasteiger partial charge in [0.25, 0.3) is 5.91 Å². The fraction of sp³-hybridized carbons (Fsp3) is 0.350. The van der Waals surface area contributed by atoms with Crippen LogP contribution in [0.3, 0.4) is 0 Å². The standard InChI is InChI=1S/C20H22N2O4.C12H15NO2.C8H9NO3/c1-3-25-18-16(10-7-11-21-18)17(23)22-20(19(24)26-4-2)12-14-8-5-6-9-15(14)13-20;1-2-15-11(14)12(13)7-9-5-3-4-6-10(9)8-12;1-2-12-7-6(8(10)11)4-3-5-9-7/h5-11H,3-4,12-13H2,1-2H3,(H,22,23);3-6H,2,7-8,13H2,1H3;3-5H,2H2,1H3,(H,10,11). The summed E-state index contributed by atoms with van der Waals surface area (Å²) in [5, 5.41) is 11.6. The number of aromatic nitrogens is 2. The fourth-order valence-corrected chi connectivity index (χ4v) is 6.14. The summed E-state index contributed by atoms with van der Waals surface area (Å²) in [4.78, 5) is 55.8. The molecule has 2 aromatic heterocycles. The van der Waals surface area contributed by atoms with Crippen molar-refractivity contribution in [2.75, 3.05) is 26.4 Å². The molecule has 0 aliphatic heterocycles. The van der Waals surface area contributed by atoms with E-state index < -0.39 is 28.9 Å².